The number of halogens is 1. The van der Waals surface area contributed by atoms with Crippen molar-refractivity contribution in [3.05, 3.63) is 62.7 Å². The second-order valence-electron chi connectivity index (χ2n) is 4.78. The fraction of sp³-hybridized carbons (Fsp3) is 0.188. The summed E-state index contributed by atoms with van der Waals surface area (Å²) < 4.78 is 6.50. The predicted octanol–water partition coefficient (Wildman–Crippen LogP) is 2.50. The van der Waals surface area contributed by atoms with Gasteiger partial charge in [-0.05, 0) is 51.9 Å². The molecule has 0 spiro atoms. The molecular formula is C16H14INO3. The van der Waals surface area contributed by atoms with Crippen LogP contribution < -0.4 is 10.1 Å². The highest BCUT2D eigenvalue weighted by Gasteiger charge is 2.20. The van der Waals surface area contributed by atoms with Crippen LogP contribution in [-0.4, -0.2) is 24.2 Å². The van der Waals surface area contributed by atoms with Gasteiger partial charge in [0.05, 0.1) is 12.1 Å². The Morgan fingerprint density at radius 1 is 1.24 bits per heavy atom. The molecular weight excluding hydrogens is 381 g/mol. The average Bonchev–Trinajstić information content (AvgIpc) is 2.69. The largest absolute Gasteiger partial charge is 0.491 e. The third-order valence-corrected chi connectivity index (χ3v) is 4.39. The van der Waals surface area contributed by atoms with E-state index >= 15 is 0 Å². The number of hydrogen-bond donors (Lipinski definition) is 2. The molecule has 0 fully saturated rings. The summed E-state index contributed by atoms with van der Waals surface area (Å²) in [5, 5.41) is 13.3. The summed E-state index contributed by atoms with van der Waals surface area (Å²) in [4.78, 5) is 12.0. The Kier molecular flexibility index (Phi) is 4.12. The fourth-order valence-electron chi connectivity index (χ4n) is 2.32. The normalized spacial score (nSPS) is 15.4. The van der Waals surface area contributed by atoms with Gasteiger partial charge in [0.1, 0.15) is 18.5 Å². The second-order valence-corrected chi connectivity index (χ2v) is 5.95. The summed E-state index contributed by atoms with van der Waals surface area (Å²) in [7, 11) is 0. The molecule has 1 aliphatic rings. The van der Waals surface area contributed by atoms with Crippen molar-refractivity contribution in [3.8, 4) is 5.75 Å². The number of aliphatic hydroxyl groups is 1. The maximum Gasteiger partial charge on any atom is 0.255 e. The minimum Gasteiger partial charge on any atom is -0.491 e. The van der Waals surface area contributed by atoms with E-state index in [0.717, 1.165) is 9.13 Å². The highest BCUT2D eigenvalue weighted by Crippen LogP contribution is 2.30. The summed E-state index contributed by atoms with van der Waals surface area (Å²) in [5.41, 5.74) is 1.97. The van der Waals surface area contributed by atoms with Crippen LogP contribution in [-0.2, 0) is 0 Å². The van der Waals surface area contributed by atoms with Gasteiger partial charge in [-0.25, -0.2) is 0 Å². The summed E-state index contributed by atoms with van der Waals surface area (Å²) >= 11 is 2.19. The van der Waals surface area contributed by atoms with Gasteiger partial charge in [0.2, 0.25) is 0 Å². The Morgan fingerprint density at radius 2 is 2.05 bits per heavy atom. The topological polar surface area (TPSA) is 58.6 Å². The number of carbonyl (C=O) groups is 1. The standard InChI is InChI=1S/C16H14INO3/c17-13-4-2-1-3-11(13)15(19)10-5-6-14-12(9-10)16(20)18-7-8-21-14/h1-6,9,15,19H,7-8H2,(H,18,20). The molecule has 2 aromatic carbocycles. The number of hydrogen-bond acceptors (Lipinski definition) is 3. The van der Waals surface area contributed by atoms with E-state index in [0.29, 0.717) is 30.0 Å². The Hall–Kier alpha value is -1.60. The molecule has 0 radical (unpaired) electrons. The first-order valence-electron chi connectivity index (χ1n) is 6.64. The van der Waals surface area contributed by atoms with E-state index in [4.69, 9.17) is 4.74 Å². The third kappa shape index (κ3) is 2.89. The molecule has 1 aliphatic heterocycles. The molecule has 0 saturated carbocycles. The van der Waals surface area contributed by atoms with E-state index in [9.17, 15) is 9.90 Å². The second kappa shape index (κ2) is 6.03. The van der Waals surface area contributed by atoms with E-state index in [1.54, 1.807) is 18.2 Å². The number of fused-ring (bicyclic) bond motifs is 1. The van der Waals surface area contributed by atoms with Crippen molar-refractivity contribution >= 4 is 28.5 Å². The number of rotatable bonds is 2. The maximum atomic E-state index is 12.0. The molecule has 21 heavy (non-hydrogen) atoms. The zero-order valence-corrected chi connectivity index (χ0v) is 13.3. The molecule has 2 aromatic rings. The Bertz CT molecular complexity index is 687. The van der Waals surface area contributed by atoms with Crippen molar-refractivity contribution < 1.29 is 14.6 Å². The van der Waals surface area contributed by atoms with Crippen LogP contribution in [0.15, 0.2) is 42.5 Å². The van der Waals surface area contributed by atoms with Crippen LogP contribution in [0.1, 0.15) is 27.6 Å². The molecule has 1 atom stereocenters. The number of benzene rings is 2. The van der Waals surface area contributed by atoms with Gasteiger partial charge < -0.3 is 15.2 Å². The molecule has 1 unspecified atom stereocenters. The molecule has 108 valence electrons. The first-order chi connectivity index (χ1) is 10.2. The van der Waals surface area contributed by atoms with E-state index in [2.05, 4.69) is 27.9 Å². The molecule has 0 aromatic heterocycles. The van der Waals surface area contributed by atoms with Gasteiger partial charge in [0.25, 0.3) is 5.91 Å². The molecule has 0 aliphatic carbocycles. The molecule has 1 amide bonds. The molecule has 0 saturated heterocycles. The average molecular weight is 395 g/mol. The van der Waals surface area contributed by atoms with Gasteiger partial charge in [-0.15, -0.1) is 0 Å². The summed E-state index contributed by atoms with van der Waals surface area (Å²) in [5.74, 6) is 0.392. The minimum atomic E-state index is -0.764. The van der Waals surface area contributed by atoms with E-state index in [-0.39, 0.29) is 5.91 Å². The zero-order chi connectivity index (χ0) is 14.8. The Labute approximate surface area is 136 Å². The highest BCUT2D eigenvalue weighted by atomic mass is 127. The lowest BCUT2D eigenvalue weighted by Gasteiger charge is -2.15. The van der Waals surface area contributed by atoms with Crippen LogP contribution in [0.5, 0.6) is 5.75 Å². The van der Waals surface area contributed by atoms with Crippen molar-refractivity contribution in [1.82, 2.24) is 5.32 Å². The van der Waals surface area contributed by atoms with E-state index in [1.807, 2.05) is 24.3 Å². The minimum absolute atomic E-state index is 0.167. The predicted molar refractivity (Wildman–Crippen MR) is 87.5 cm³/mol. The maximum absolute atomic E-state index is 12.0. The first-order valence-corrected chi connectivity index (χ1v) is 7.72. The van der Waals surface area contributed by atoms with E-state index < -0.39 is 6.10 Å². The summed E-state index contributed by atoms with van der Waals surface area (Å²) in [6, 6.07) is 12.9. The van der Waals surface area contributed by atoms with Crippen LogP contribution in [0.3, 0.4) is 0 Å². The molecule has 3 rings (SSSR count). The van der Waals surface area contributed by atoms with Crippen molar-refractivity contribution in [2.45, 2.75) is 6.10 Å². The lowest BCUT2D eigenvalue weighted by molar-refractivity contribution is 0.0957. The number of aliphatic hydroxyl groups excluding tert-OH is 1. The third-order valence-electron chi connectivity index (χ3n) is 3.41. The van der Waals surface area contributed by atoms with Gasteiger partial charge in [0.15, 0.2) is 0 Å². The molecule has 2 N–H and O–H groups in total. The van der Waals surface area contributed by atoms with Crippen LogP contribution in [0.4, 0.5) is 0 Å². The molecule has 4 nitrogen and oxygen atoms in total. The lowest BCUT2D eigenvalue weighted by Crippen LogP contribution is -2.24. The van der Waals surface area contributed by atoms with Crippen molar-refractivity contribution in [3.63, 3.8) is 0 Å². The number of amides is 1. The number of nitrogens with one attached hydrogen (secondary N) is 1. The SMILES string of the molecule is O=C1NCCOc2ccc(C(O)c3ccccc3I)cc21. The van der Waals surface area contributed by atoms with Gasteiger partial charge in [0, 0.05) is 3.57 Å². The van der Waals surface area contributed by atoms with Gasteiger partial charge in [-0.3, -0.25) is 4.79 Å². The fourth-order valence-corrected chi connectivity index (χ4v) is 3.00. The van der Waals surface area contributed by atoms with Crippen molar-refractivity contribution in [1.29, 1.82) is 0 Å². The van der Waals surface area contributed by atoms with Crippen LogP contribution in [0, 0.1) is 3.57 Å². The Balaban J connectivity index is 2.00. The monoisotopic (exact) mass is 395 g/mol. The van der Waals surface area contributed by atoms with Crippen molar-refractivity contribution in [2.75, 3.05) is 13.2 Å². The van der Waals surface area contributed by atoms with Gasteiger partial charge in [-0.1, -0.05) is 24.3 Å². The Morgan fingerprint density at radius 3 is 2.86 bits per heavy atom. The summed E-state index contributed by atoms with van der Waals surface area (Å²) in [6.45, 7) is 0.944. The van der Waals surface area contributed by atoms with Crippen LogP contribution in [0.25, 0.3) is 0 Å². The smallest absolute Gasteiger partial charge is 0.255 e. The number of carbonyl (C=O) groups excluding carboxylic acids is 1. The van der Waals surface area contributed by atoms with E-state index in [1.165, 1.54) is 0 Å². The van der Waals surface area contributed by atoms with Gasteiger partial charge in [-0.2, -0.15) is 0 Å². The van der Waals surface area contributed by atoms with Crippen LogP contribution in [0.2, 0.25) is 0 Å². The summed E-state index contributed by atoms with van der Waals surface area (Å²) in [6.07, 6.45) is -0.764. The first kappa shape index (κ1) is 14.3. The quantitative estimate of drug-likeness (QED) is 0.769. The van der Waals surface area contributed by atoms with Crippen molar-refractivity contribution in [2.24, 2.45) is 0 Å². The number of ether oxygens (including phenoxy) is 1. The molecule has 5 heteroatoms. The lowest BCUT2D eigenvalue weighted by atomic mass is 9.99. The van der Waals surface area contributed by atoms with Gasteiger partial charge >= 0.3 is 0 Å². The zero-order valence-electron chi connectivity index (χ0n) is 11.2. The van der Waals surface area contributed by atoms with Crippen LogP contribution >= 0.6 is 22.6 Å². The molecule has 0 bridgehead atoms. The highest BCUT2D eigenvalue weighted by molar-refractivity contribution is 14.1. The molecule has 1 heterocycles.